The fourth-order valence-corrected chi connectivity index (χ4v) is 2.94. The Morgan fingerprint density at radius 2 is 1.68 bits per heavy atom. The van der Waals surface area contributed by atoms with Crippen LogP contribution in [0.15, 0.2) is 34.8 Å². The smallest absolute Gasteiger partial charge is 0.129 e. The highest BCUT2D eigenvalue weighted by atomic mass is 79.9. The van der Waals surface area contributed by atoms with E-state index in [0.29, 0.717) is 31.8 Å². The average Bonchev–Trinajstić information content (AvgIpc) is 2.32. The Morgan fingerprint density at radius 1 is 1.05 bits per heavy atom. The zero-order chi connectivity index (χ0) is 14.0. The van der Waals surface area contributed by atoms with Crippen molar-refractivity contribution in [2.24, 2.45) is 0 Å². The highest BCUT2D eigenvalue weighted by Crippen LogP contribution is 2.34. The molecule has 0 atom stereocenters. The summed E-state index contributed by atoms with van der Waals surface area (Å²) in [7, 11) is 0. The maximum atomic E-state index is 9.42. The van der Waals surface area contributed by atoms with Gasteiger partial charge in [0.05, 0.1) is 20.2 Å². The summed E-state index contributed by atoms with van der Waals surface area (Å²) < 4.78 is 0.639. The normalized spacial score (nSPS) is 10.5. The molecule has 0 saturated heterocycles. The van der Waals surface area contributed by atoms with Crippen molar-refractivity contribution in [1.29, 1.82) is 0 Å². The second-order valence-corrected chi connectivity index (χ2v) is 5.99. The van der Waals surface area contributed by atoms with Crippen LogP contribution in [0.2, 0.25) is 15.1 Å². The zero-order valence-electron chi connectivity index (χ0n) is 9.55. The predicted molar refractivity (Wildman–Crippen MR) is 84.6 cm³/mol. The number of aromatic hydroxyl groups is 1. The van der Waals surface area contributed by atoms with Gasteiger partial charge in [-0.05, 0) is 45.8 Å². The van der Waals surface area contributed by atoms with Gasteiger partial charge in [-0.15, -0.1) is 0 Å². The summed E-state index contributed by atoms with van der Waals surface area (Å²) in [6.07, 6.45) is 0. The molecule has 0 amide bonds. The first-order chi connectivity index (χ1) is 8.97. The molecule has 0 fully saturated rings. The highest BCUT2D eigenvalue weighted by molar-refractivity contribution is 9.10. The summed E-state index contributed by atoms with van der Waals surface area (Å²) in [6.45, 7) is 0.528. The van der Waals surface area contributed by atoms with Crippen LogP contribution in [0.1, 0.15) is 5.56 Å². The van der Waals surface area contributed by atoms with Crippen LogP contribution in [-0.2, 0) is 6.54 Å². The van der Waals surface area contributed by atoms with E-state index in [1.165, 1.54) is 0 Å². The molecule has 2 aromatic carbocycles. The van der Waals surface area contributed by atoms with Gasteiger partial charge in [0.2, 0.25) is 0 Å². The third-order valence-corrected chi connectivity index (χ3v) is 3.94. The molecule has 0 bridgehead atoms. The number of phenolic OH excluding ortho intramolecular Hbond substituents is 1. The Hall–Kier alpha value is -0.610. The van der Waals surface area contributed by atoms with Gasteiger partial charge in [-0.25, -0.2) is 0 Å². The second-order valence-electron chi connectivity index (χ2n) is 3.88. The minimum absolute atomic E-state index is 0.200. The summed E-state index contributed by atoms with van der Waals surface area (Å²) >= 11 is 21.3. The average molecular weight is 381 g/mol. The van der Waals surface area contributed by atoms with Gasteiger partial charge in [0, 0.05) is 11.6 Å². The Kier molecular flexibility index (Phi) is 4.85. The van der Waals surface area contributed by atoms with Gasteiger partial charge in [-0.2, -0.15) is 0 Å². The van der Waals surface area contributed by atoms with E-state index >= 15 is 0 Å². The third kappa shape index (κ3) is 3.69. The quantitative estimate of drug-likeness (QED) is 0.712. The lowest BCUT2D eigenvalue weighted by atomic mass is 10.2. The molecule has 0 aliphatic heterocycles. The number of hydrogen-bond acceptors (Lipinski definition) is 2. The van der Waals surface area contributed by atoms with E-state index in [1.54, 1.807) is 18.2 Å². The van der Waals surface area contributed by atoms with Crippen LogP contribution in [0.5, 0.6) is 5.75 Å². The van der Waals surface area contributed by atoms with Gasteiger partial charge >= 0.3 is 0 Å². The molecule has 2 nitrogen and oxygen atoms in total. The van der Waals surface area contributed by atoms with E-state index in [1.807, 2.05) is 12.1 Å². The Morgan fingerprint density at radius 3 is 2.26 bits per heavy atom. The molecule has 0 radical (unpaired) electrons. The molecular formula is C13H9BrCl3NO. The molecule has 0 unspecified atom stereocenters. The van der Waals surface area contributed by atoms with Crippen LogP contribution < -0.4 is 5.32 Å². The molecule has 19 heavy (non-hydrogen) atoms. The Labute approximate surface area is 134 Å². The van der Waals surface area contributed by atoms with Crippen LogP contribution in [0.3, 0.4) is 0 Å². The van der Waals surface area contributed by atoms with Gasteiger partial charge in [0.25, 0.3) is 0 Å². The summed E-state index contributed by atoms with van der Waals surface area (Å²) in [4.78, 5) is 0. The van der Waals surface area contributed by atoms with Gasteiger partial charge in [0.1, 0.15) is 5.75 Å². The molecular weight excluding hydrogens is 372 g/mol. The fourth-order valence-electron chi connectivity index (χ4n) is 1.56. The van der Waals surface area contributed by atoms with E-state index in [-0.39, 0.29) is 5.75 Å². The maximum absolute atomic E-state index is 9.42. The molecule has 0 spiro atoms. The van der Waals surface area contributed by atoms with Crippen LogP contribution in [0.25, 0.3) is 0 Å². The van der Waals surface area contributed by atoms with Gasteiger partial charge in [-0.1, -0.05) is 40.9 Å². The molecule has 0 saturated carbocycles. The van der Waals surface area contributed by atoms with Crippen molar-refractivity contribution in [3.05, 3.63) is 55.4 Å². The zero-order valence-corrected chi connectivity index (χ0v) is 13.4. The van der Waals surface area contributed by atoms with Crippen molar-refractivity contribution in [3.8, 4) is 5.75 Å². The molecule has 6 heteroatoms. The number of rotatable bonds is 3. The minimum atomic E-state index is 0.200. The SMILES string of the molecule is Oc1ccc(CNc2c(Cl)cc(Cl)cc2Cl)cc1Br. The van der Waals surface area contributed by atoms with Crippen molar-refractivity contribution in [2.45, 2.75) is 6.54 Å². The third-order valence-electron chi connectivity index (χ3n) is 2.49. The van der Waals surface area contributed by atoms with Crippen molar-refractivity contribution >= 4 is 56.4 Å². The van der Waals surface area contributed by atoms with E-state index in [9.17, 15) is 5.11 Å². The Bertz CT molecular complexity index is 596. The summed E-state index contributed by atoms with van der Waals surface area (Å²) in [6, 6.07) is 8.51. The van der Waals surface area contributed by atoms with Crippen LogP contribution in [-0.4, -0.2) is 5.11 Å². The first kappa shape index (κ1) is 14.8. The minimum Gasteiger partial charge on any atom is -0.507 e. The van der Waals surface area contributed by atoms with E-state index in [0.717, 1.165) is 5.56 Å². The van der Waals surface area contributed by atoms with Gasteiger partial charge in [-0.3, -0.25) is 0 Å². The molecule has 100 valence electrons. The molecule has 0 aliphatic carbocycles. The fraction of sp³-hybridized carbons (Fsp3) is 0.0769. The number of benzene rings is 2. The molecule has 2 N–H and O–H groups in total. The first-order valence-corrected chi connectivity index (χ1v) is 7.26. The number of phenols is 1. The highest BCUT2D eigenvalue weighted by Gasteiger charge is 2.08. The van der Waals surface area contributed by atoms with Crippen molar-refractivity contribution in [2.75, 3.05) is 5.32 Å². The van der Waals surface area contributed by atoms with Crippen molar-refractivity contribution in [1.82, 2.24) is 0 Å². The molecule has 2 aromatic rings. The molecule has 0 aromatic heterocycles. The maximum Gasteiger partial charge on any atom is 0.129 e. The first-order valence-electron chi connectivity index (χ1n) is 5.33. The summed E-state index contributed by atoms with van der Waals surface area (Å²) in [5, 5.41) is 14.0. The summed E-state index contributed by atoms with van der Waals surface area (Å²) in [5.74, 6) is 0.200. The van der Waals surface area contributed by atoms with Gasteiger partial charge in [0.15, 0.2) is 0 Å². The van der Waals surface area contributed by atoms with Crippen LogP contribution in [0.4, 0.5) is 5.69 Å². The molecule has 0 aliphatic rings. The lowest BCUT2D eigenvalue weighted by Crippen LogP contribution is -2.00. The molecule has 0 heterocycles. The van der Waals surface area contributed by atoms with E-state index < -0.39 is 0 Å². The number of anilines is 1. The van der Waals surface area contributed by atoms with Gasteiger partial charge < -0.3 is 10.4 Å². The monoisotopic (exact) mass is 379 g/mol. The molecule has 2 rings (SSSR count). The lowest BCUT2D eigenvalue weighted by molar-refractivity contribution is 0.471. The number of nitrogens with one attached hydrogen (secondary N) is 1. The Balaban J connectivity index is 2.16. The van der Waals surface area contributed by atoms with Crippen LogP contribution >= 0.6 is 50.7 Å². The second kappa shape index (κ2) is 6.23. The van der Waals surface area contributed by atoms with E-state index in [2.05, 4.69) is 21.2 Å². The lowest BCUT2D eigenvalue weighted by Gasteiger charge is -2.11. The number of hydrogen-bond donors (Lipinski definition) is 2. The van der Waals surface area contributed by atoms with Crippen molar-refractivity contribution < 1.29 is 5.11 Å². The number of halogens is 4. The largest absolute Gasteiger partial charge is 0.507 e. The summed E-state index contributed by atoms with van der Waals surface area (Å²) in [5.41, 5.74) is 1.61. The van der Waals surface area contributed by atoms with Crippen LogP contribution in [0, 0.1) is 0 Å². The standard InChI is InChI=1S/C13H9BrCl3NO/c14-9-3-7(1-2-12(9)19)6-18-13-10(16)4-8(15)5-11(13)17/h1-5,18-19H,6H2. The van der Waals surface area contributed by atoms with Crippen molar-refractivity contribution in [3.63, 3.8) is 0 Å². The van der Waals surface area contributed by atoms with E-state index in [4.69, 9.17) is 34.8 Å². The predicted octanol–water partition coefficient (Wildman–Crippen LogP) is 5.73. The topological polar surface area (TPSA) is 32.3 Å².